The first-order valence-electron chi connectivity index (χ1n) is 5.65. The van der Waals surface area contributed by atoms with Crippen LogP contribution in [0.5, 0.6) is 0 Å². The van der Waals surface area contributed by atoms with Gasteiger partial charge >= 0.3 is 0 Å². The Morgan fingerprint density at radius 2 is 2.00 bits per heavy atom. The molecular weight excluding hydrogens is 266 g/mol. The van der Waals surface area contributed by atoms with Crippen molar-refractivity contribution in [2.24, 2.45) is 0 Å². The molecule has 3 nitrogen and oxygen atoms in total. The summed E-state index contributed by atoms with van der Waals surface area (Å²) in [5.41, 5.74) is 1.07. The Morgan fingerprint density at radius 3 is 2.56 bits per heavy atom. The minimum atomic E-state index is 0.452. The zero-order valence-electron chi connectivity index (χ0n) is 10.1. The molecule has 1 atom stereocenters. The first kappa shape index (κ1) is 13.6. The summed E-state index contributed by atoms with van der Waals surface area (Å²) in [6, 6.07) is 5.03. The van der Waals surface area contributed by atoms with Gasteiger partial charge in [0, 0.05) is 35.8 Å². The maximum atomic E-state index is 4.32. The number of nitrogens with one attached hydrogen (secondary N) is 2. The molecule has 0 aliphatic heterocycles. The van der Waals surface area contributed by atoms with Gasteiger partial charge in [-0.1, -0.05) is 13.8 Å². The molecule has 0 saturated heterocycles. The molecule has 0 aliphatic rings. The van der Waals surface area contributed by atoms with Crippen LogP contribution in [0, 0.1) is 0 Å². The Kier molecular flexibility index (Phi) is 5.95. The molecule has 1 aromatic heterocycles. The topological polar surface area (TPSA) is 37.0 Å². The molecule has 16 heavy (non-hydrogen) atoms. The van der Waals surface area contributed by atoms with Crippen LogP contribution in [0.1, 0.15) is 26.5 Å². The fraction of sp³-hybridized carbons (Fsp3) is 0.583. The molecule has 1 rings (SSSR count). The zero-order chi connectivity index (χ0) is 12.0. The van der Waals surface area contributed by atoms with Gasteiger partial charge < -0.3 is 10.6 Å². The molecule has 1 aromatic rings. The standard InChI is InChI=1S/C12H20BrN3/c1-9(2)14-6-10(3)15-8-12-5-4-11(13)7-16-12/h4-5,7,9-10,14-15H,6,8H2,1-3H3. The summed E-state index contributed by atoms with van der Waals surface area (Å²) in [6.45, 7) is 8.28. The molecule has 0 saturated carbocycles. The summed E-state index contributed by atoms with van der Waals surface area (Å²) in [5, 5.41) is 6.83. The molecule has 0 amide bonds. The molecule has 0 aliphatic carbocycles. The highest BCUT2D eigenvalue weighted by Crippen LogP contribution is 2.07. The number of nitrogens with zero attached hydrogens (tertiary/aromatic N) is 1. The highest BCUT2D eigenvalue weighted by atomic mass is 79.9. The molecule has 0 fully saturated rings. The monoisotopic (exact) mass is 285 g/mol. The SMILES string of the molecule is CC(C)NCC(C)NCc1ccc(Br)cn1. The minimum Gasteiger partial charge on any atom is -0.313 e. The number of halogens is 1. The summed E-state index contributed by atoms with van der Waals surface area (Å²) in [6.07, 6.45) is 1.83. The molecule has 4 heteroatoms. The molecule has 90 valence electrons. The lowest BCUT2D eigenvalue weighted by Gasteiger charge is -2.16. The average Bonchev–Trinajstić information content (AvgIpc) is 2.25. The number of aromatic nitrogens is 1. The fourth-order valence-electron chi connectivity index (χ4n) is 1.27. The van der Waals surface area contributed by atoms with E-state index in [1.54, 1.807) is 0 Å². The largest absolute Gasteiger partial charge is 0.313 e. The van der Waals surface area contributed by atoms with Gasteiger partial charge in [0.05, 0.1) is 5.69 Å². The lowest BCUT2D eigenvalue weighted by Crippen LogP contribution is -2.38. The molecule has 0 aromatic carbocycles. The molecular formula is C12H20BrN3. The van der Waals surface area contributed by atoms with Gasteiger partial charge in [0.25, 0.3) is 0 Å². The van der Waals surface area contributed by atoms with E-state index in [0.29, 0.717) is 12.1 Å². The van der Waals surface area contributed by atoms with Gasteiger partial charge in [-0.15, -0.1) is 0 Å². The molecule has 2 N–H and O–H groups in total. The summed E-state index contributed by atoms with van der Waals surface area (Å²) in [5.74, 6) is 0. The number of hydrogen-bond acceptors (Lipinski definition) is 3. The second-order valence-corrected chi connectivity index (χ2v) is 5.23. The van der Waals surface area contributed by atoms with Crippen LogP contribution in [0.4, 0.5) is 0 Å². The van der Waals surface area contributed by atoms with E-state index in [1.165, 1.54) is 0 Å². The van der Waals surface area contributed by atoms with E-state index in [0.717, 1.165) is 23.3 Å². The predicted molar refractivity (Wildman–Crippen MR) is 71.4 cm³/mol. The second-order valence-electron chi connectivity index (χ2n) is 4.31. The zero-order valence-corrected chi connectivity index (χ0v) is 11.7. The summed E-state index contributed by atoms with van der Waals surface area (Å²) in [7, 11) is 0. The average molecular weight is 286 g/mol. The van der Waals surface area contributed by atoms with Crippen molar-refractivity contribution in [3.8, 4) is 0 Å². The van der Waals surface area contributed by atoms with Crippen molar-refractivity contribution in [1.82, 2.24) is 15.6 Å². The first-order chi connectivity index (χ1) is 7.58. The molecule has 0 spiro atoms. The van der Waals surface area contributed by atoms with Gasteiger partial charge in [0.15, 0.2) is 0 Å². The van der Waals surface area contributed by atoms with E-state index >= 15 is 0 Å². The highest BCUT2D eigenvalue weighted by molar-refractivity contribution is 9.10. The van der Waals surface area contributed by atoms with Crippen LogP contribution in [0.25, 0.3) is 0 Å². The van der Waals surface area contributed by atoms with E-state index in [2.05, 4.69) is 52.3 Å². The molecule has 1 heterocycles. The van der Waals surface area contributed by atoms with Gasteiger partial charge in [-0.2, -0.15) is 0 Å². The summed E-state index contributed by atoms with van der Waals surface area (Å²) in [4.78, 5) is 4.32. The quantitative estimate of drug-likeness (QED) is 0.842. The van der Waals surface area contributed by atoms with Crippen molar-refractivity contribution < 1.29 is 0 Å². The van der Waals surface area contributed by atoms with Crippen LogP contribution in [-0.2, 0) is 6.54 Å². The van der Waals surface area contributed by atoms with Crippen molar-refractivity contribution in [3.63, 3.8) is 0 Å². The Balaban J connectivity index is 2.26. The van der Waals surface area contributed by atoms with Crippen molar-refractivity contribution in [2.75, 3.05) is 6.54 Å². The van der Waals surface area contributed by atoms with E-state index in [4.69, 9.17) is 0 Å². The predicted octanol–water partition coefficient (Wildman–Crippen LogP) is 2.32. The lowest BCUT2D eigenvalue weighted by molar-refractivity contribution is 0.471. The molecule has 1 unspecified atom stereocenters. The Morgan fingerprint density at radius 1 is 1.25 bits per heavy atom. The number of rotatable bonds is 6. The normalized spacial score (nSPS) is 13.1. The Labute approximate surface area is 106 Å². The number of hydrogen-bond donors (Lipinski definition) is 2. The first-order valence-corrected chi connectivity index (χ1v) is 6.44. The van der Waals surface area contributed by atoms with Crippen LogP contribution < -0.4 is 10.6 Å². The van der Waals surface area contributed by atoms with Gasteiger partial charge in [0.2, 0.25) is 0 Å². The van der Waals surface area contributed by atoms with Gasteiger partial charge in [-0.05, 0) is 35.0 Å². The van der Waals surface area contributed by atoms with E-state index in [-0.39, 0.29) is 0 Å². The summed E-state index contributed by atoms with van der Waals surface area (Å²) < 4.78 is 1.02. The third kappa shape index (κ3) is 5.58. The van der Waals surface area contributed by atoms with Crippen LogP contribution >= 0.6 is 15.9 Å². The smallest absolute Gasteiger partial charge is 0.0542 e. The summed E-state index contributed by atoms with van der Waals surface area (Å²) >= 11 is 3.37. The number of pyridine rings is 1. The van der Waals surface area contributed by atoms with Gasteiger partial charge in [0.1, 0.15) is 0 Å². The third-order valence-corrected chi connectivity index (χ3v) is 2.72. The van der Waals surface area contributed by atoms with Crippen LogP contribution in [0.2, 0.25) is 0 Å². The van der Waals surface area contributed by atoms with Crippen LogP contribution in [0.3, 0.4) is 0 Å². The molecule has 0 bridgehead atoms. The van der Waals surface area contributed by atoms with Crippen molar-refractivity contribution >= 4 is 15.9 Å². The maximum Gasteiger partial charge on any atom is 0.0542 e. The Hall–Kier alpha value is -0.450. The third-order valence-electron chi connectivity index (χ3n) is 2.25. The van der Waals surface area contributed by atoms with Crippen LogP contribution in [-0.4, -0.2) is 23.6 Å². The maximum absolute atomic E-state index is 4.32. The minimum absolute atomic E-state index is 0.452. The van der Waals surface area contributed by atoms with E-state index < -0.39 is 0 Å². The fourth-order valence-corrected chi connectivity index (χ4v) is 1.51. The van der Waals surface area contributed by atoms with Crippen molar-refractivity contribution in [3.05, 3.63) is 28.5 Å². The van der Waals surface area contributed by atoms with E-state index in [9.17, 15) is 0 Å². The molecule has 0 radical (unpaired) electrons. The second kappa shape index (κ2) is 6.99. The van der Waals surface area contributed by atoms with Gasteiger partial charge in [-0.25, -0.2) is 0 Å². The van der Waals surface area contributed by atoms with Gasteiger partial charge in [-0.3, -0.25) is 4.98 Å². The Bertz CT molecular complexity index is 298. The van der Waals surface area contributed by atoms with Crippen molar-refractivity contribution in [1.29, 1.82) is 0 Å². The van der Waals surface area contributed by atoms with Crippen LogP contribution in [0.15, 0.2) is 22.8 Å². The lowest BCUT2D eigenvalue weighted by atomic mass is 10.3. The van der Waals surface area contributed by atoms with Crippen molar-refractivity contribution in [2.45, 2.75) is 39.4 Å². The highest BCUT2D eigenvalue weighted by Gasteiger charge is 2.02. The van der Waals surface area contributed by atoms with E-state index in [1.807, 2.05) is 18.3 Å².